The third-order valence-corrected chi connectivity index (χ3v) is 2.96. The molecule has 1 amide bonds. The Kier molecular flexibility index (Phi) is 4.30. The highest BCUT2D eigenvalue weighted by Crippen LogP contribution is 2.24. The summed E-state index contributed by atoms with van der Waals surface area (Å²) >= 11 is 1.53. The van der Waals surface area contributed by atoms with Crippen LogP contribution in [0.5, 0.6) is 0 Å². The lowest BCUT2D eigenvalue weighted by Crippen LogP contribution is -2.21. The Bertz CT molecular complexity index is 348. The van der Waals surface area contributed by atoms with Gasteiger partial charge in [-0.25, -0.2) is 0 Å². The number of nitrogens with zero attached hydrogens (tertiary/aromatic N) is 1. The lowest BCUT2D eigenvalue weighted by Gasteiger charge is -2.13. The van der Waals surface area contributed by atoms with E-state index in [-0.39, 0.29) is 6.42 Å². The molecule has 4 nitrogen and oxygen atoms in total. The molecule has 0 aromatic carbocycles. The normalized spacial score (nSPS) is 9.93. The van der Waals surface area contributed by atoms with Gasteiger partial charge in [0.25, 0.3) is 0 Å². The summed E-state index contributed by atoms with van der Waals surface area (Å²) in [5.74, 6) is -0.830. The molecule has 15 heavy (non-hydrogen) atoms. The number of hydrogen-bond acceptors (Lipinski definition) is 3. The van der Waals surface area contributed by atoms with E-state index in [4.69, 9.17) is 5.11 Å². The summed E-state index contributed by atoms with van der Waals surface area (Å²) in [6.07, 6.45) is 1.31. The van der Waals surface area contributed by atoms with Crippen LogP contribution in [0.3, 0.4) is 0 Å². The van der Waals surface area contributed by atoms with E-state index in [9.17, 15) is 9.59 Å². The van der Waals surface area contributed by atoms with Gasteiger partial charge < -0.3 is 10.0 Å². The highest BCUT2D eigenvalue weighted by Gasteiger charge is 2.07. The van der Waals surface area contributed by atoms with E-state index in [2.05, 4.69) is 0 Å². The highest BCUT2D eigenvalue weighted by molar-refractivity contribution is 7.16. The predicted octanol–water partition coefficient (Wildman–Crippen LogP) is 1.88. The van der Waals surface area contributed by atoms with Gasteiger partial charge in [-0.3, -0.25) is 9.59 Å². The molecule has 0 saturated heterocycles. The molecule has 0 unspecified atom stereocenters. The summed E-state index contributed by atoms with van der Waals surface area (Å²) in [4.78, 5) is 23.8. The van der Waals surface area contributed by atoms with Crippen molar-refractivity contribution in [1.82, 2.24) is 0 Å². The number of carboxylic acid groups (broad SMARTS) is 1. The van der Waals surface area contributed by atoms with Crippen LogP contribution in [0, 0.1) is 6.92 Å². The Morgan fingerprint density at radius 1 is 1.60 bits per heavy atom. The Morgan fingerprint density at radius 2 is 2.33 bits per heavy atom. The van der Waals surface area contributed by atoms with E-state index in [1.165, 1.54) is 11.3 Å². The van der Waals surface area contributed by atoms with Crippen LogP contribution >= 0.6 is 11.3 Å². The average molecular weight is 227 g/mol. The van der Waals surface area contributed by atoms with E-state index in [0.29, 0.717) is 13.0 Å². The molecule has 5 heteroatoms. The molecular weight excluding hydrogens is 214 g/mol. The van der Waals surface area contributed by atoms with Crippen molar-refractivity contribution in [2.75, 3.05) is 11.4 Å². The van der Waals surface area contributed by atoms with Crippen molar-refractivity contribution in [2.45, 2.75) is 19.8 Å². The second-order valence-corrected chi connectivity index (χ2v) is 4.45. The summed E-state index contributed by atoms with van der Waals surface area (Å²) < 4.78 is 0. The Balaban J connectivity index is 2.49. The number of aryl methyl sites for hydroxylation is 1. The minimum Gasteiger partial charge on any atom is -0.481 e. The zero-order valence-electron chi connectivity index (χ0n) is 8.47. The summed E-state index contributed by atoms with van der Waals surface area (Å²) in [5, 5.41) is 9.34. The largest absolute Gasteiger partial charge is 0.481 e. The van der Waals surface area contributed by atoms with Gasteiger partial charge in [0, 0.05) is 17.8 Å². The van der Waals surface area contributed by atoms with Crippen LogP contribution in [0.1, 0.15) is 17.7 Å². The Morgan fingerprint density at radius 3 is 2.80 bits per heavy atom. The third-order valence-electron chi connectivity index (χ3n) is 1.93. The number of rotatable bonds is 6. The molecule has 0 atom stereocenters. The van der Waals surface area contributed by atoms with Gasteiger partial charge in [0.15, 0.2) is 0 Å². The van der Waals surface area contributed by atoms with E-state index in [1.54, 1.807) is 4.90 Å². The van der Waals surface area contributed by atoms with Crippen LogP contribution in [0.4, 0.5) is 5.00 Å². The molecule has 1 heterocycles. The maximum absolute atomic E-state index is 10.8. The van der Waals surface area contributed by atoms with Crippen molar-refractivity contribution < 1.29 is 14.7 Å². The van der Waals surface area contributed by atoms with Crippen molar-refractivity contribution in [3.05, 3.63) is 17.0 Å². The van der Waals surface area contributed by atoms with Crippen LogP contribution < -0.4 is 4.90 Å². The molecule has 0 aliphatic carbocycles. The Hall–Kier alpha value is -1.36. The van der Waals surface area contributed by atoms with E-state index in [0.717, 1.165) is 16.3 Å². The van der Waals surface area contributed by atoms with Crippen LogP contribution in [0.2, 0.25) is 0 Å². The third kappa shape index (κ3) is 3.71. The fraction of sp³-hybridized carbons (Fsp3) is 0.400. The van der Waals surface area contributed by atoms with Gasteiger partial charge in [0.05, 0.1) is 5.00 Å². The maximum Gasteiger partial charge on any atom is 0.303 e. The van der Waals surface area contributed by atoms with Gasteiger partial charge >= 0.3 is 5.97 Å². The number of aliphatic carboxylic acids is 1. The molecule has 0 aliphatic heterocycles. The molecule has 0 radical (unpaired) electrons. The van der Waals surface area contributed by atoms with E-state index < -0.39 is 5.97 Å². The van der Waals surface area contributed by atoms with Gasteiger partial charge in [0.2, 0.25) is 6.41 Å². The van der Waals surface area contributed by atoms with Crippen LogP contribution in [-0.4, -0.2) is 24.0 Å². The monoisotopic (exact) mass is 227 g/mol. The number of anilines is 1. The first-order valence-corrected chi connectivity index (χ1v) is 5.45. The van der Waals surface area contributed by atoms with Crippen molar-refractivity contribution >= 4 is 28.7 Å². The van der Waals surface area contributed by atoms with Crippen LogP contribution in [0.25, 0.3) is 0 Å². The lowest BCUT2D eigenvalue weighted by atomic mass is 10.3. The molecule has 0 spiro atoms. The van der Waals surface area contributed by atoms with Gasteiger partial charge in [0.1, 0.15) is 0 Å². The van der Waals surface area contributed by atoms with Gasteiger partial charge in [-0.05, 0) is 25.5 Å². The van der Waals surface area contributed by atoms with Crippen molar-refractivity contribution in [1.29, 1.82) is 0 Å². The van der Waals surface area contributed by atoms with Crippen molar-refractivity contribution in [3.8, 4) is 0 Å². The molecule has 1 aromatic heterocycles. The SMILES string of the molecule is Cc1ccc(N(C=O)CCCC(=O)O)s1. The minimum absolute atomic E-state index is 0.0920. The Labute approximate surface area is 92.1 Å². The molecule has 0 bridgehead atoms. The zero-order chi connectivity index (χ0) is 11.3. The molecule has 1 rings (SSSR count). The lowest BCUT2D eigenvalue weighted by molar-refractivity contribution is -0.137. The van der Waals surface area contributed by atoms with E-state index >= 15 is 0 Å². The summed E-state index contributed by atoms with van der Waals surface area (Å²) in [6, 6.07) is 3.81. The molecule has 0 aliphatic rings. The topological polar surface area (TPSA) is 57.6 Å². The average Bonchev–Trinajstić information content (AvgIpc) is 2.59. The number of hydrogen-bond donors (Lipinski definition) is 1. The first-order chi connectivity index (χ1) is 7.13. The van der Waals surface area contributed by atoms with Crippen molar-refractivity contribution in [3.63, 3.8) is 0 Å². The minimum atomic E-state index is -0.830. The fourth-order valence-electron chi connectivity index (χ4n) is 1.19. The number of carbonyl (C=O) groups excluding carboxylic acids is 1. The second-order valence-electron chi connectivity index (χ2n) is 3.18. The fourth-order valence-corrected chi connectivity index (χ4v) is 2.05. The van der Waals surface area contributed by atoms with Gasteiger partial charge in [-0.2, -0.15) is 0 Å². The van der Waals surface area contributed by atoms with E-state index in [1.807, 2.05) is 19.1 Å². The smallest absolute Gasteiger partial charge is 0.303 e. The predicted molar refractivity (Wildman–Crippen MR) is 59.3 cm³/mol. The summed E-state index contributed by atoms with van der Waals surface area (Å²) in [7, 11) is 0. The number of thiophene rings is 1. The number of carboxylic acids is 1. The van der Waals surface area contributed by atoms with Gasteiger partial charge in [-0.1, -0.05) is 0 Å². The summed E-state index contributed by atoms with van der Waals surface area (Å²) in [5.41, 5.74) is 0. The maximum atomic E-state index is 10.8. The molecular formula is C10H13NO3S. The first-order valence-electron chi connectivity index (χ1n) is 4.63. The molecule has 1 N–H and O–H groups in total. The van der Waals surface area contributed by atoms with Crippen LogP contribution in [-0.2, 0) is 9.59 Å². The second kappa shape index (κ2) is 5.50. The molecule has 82 valence electrons. The standard InChI is InChI=1S/C10H13NO3S/c1-8-4-5-9(15-8)11(7-12)6-2-3-10(13)14/h4-5,7H,2-3,6H2,1H3,(H,13,14). The quantitative estimate of drug-likeness (QED) is 0.755. The molecule has 1 aromatic rings. The number of carbonyl (C=O) groups is 2. The molecule has 0 fully saturated rings. The number of amides is 1. The van der Waals surface area contributed by atoms with Crippen LogP contribution in [0.15, 0.2) is 12.1 Å². The molecule has 0 saturated carbocycles. The summed E-state index contributed by atoms with van der Waals surface area (Å²) in [6.45, 7) is 2.42. The van der Waals surface area contributed by atoms with Gasteiger partial charge in [-0.15, -0.1) is 11.3 Å². The highest BCUT2D eigenvalue weighted by atomic mass is 32.1. The van der Waals surface area contributed by atoms with Crippen molar-refractivity contribution in [2.24, 2.45) is 0 Å². The first kappa shape index (κ1) is 11.7. The zero-order valence-corrected chi connectivity index (χ0v) is 9.29.